The SMILES string of the molecule is CCc1cccc(Oc2ccc(Br)cc2CCl)c1. The van der Waals surface area contributed by atoms with E-state index in [0.29, 0.717) is 5.88 Å². The van der Waals surface area contributed by atoms with Gasteiger partial charge in [-0.2, -0.15) is 0 Å². The summed E-state index contributed by atoms with van der Waals surface area (Å²) in [5, 5.41) is 0. The van der Waals surface area contributed by atoms with E-state index in [1.807, 2.05) is 30.3 Å². The standard InChI is InChI=1S/C15H14BrClO/c1-2-11-4-3-5-14(8-11)18-15-7-6-13(16)9-12(15)10-17/h3-9H,2,10H2,1H3. The van der Waals surface area contributed by atoms with E-state index < -0.39 is 0 Å². The monoisotopic (exact) mass is 324 g/mol. The van der Waals surface area contributed by atoms with Crippen molar-refractivity contribution in [1.82, 2.24) is 0 Å². The van der Waals surface area contributed by atoms with Crippen LogP contribution < -0.4 is 4.74 Å². The van der Waals surface area contributed by atoms with E-state index in [-0.39, 0.29) is 0 Å². The summed E-state index contributed by atoms with van der Waals surface area (Å²) in [6.45, 7) is 2.13. The molecule has 0 aliphatic carbocycles. The fourth-order valence-electron chi connectivity index (χ4n) is 1.71. The maximum atomic E-state index is 5.93. The average molecular weight is 326 g/mol. The summed E-state index contributed by atoms with van der Waals surface area (Å²) in [6.07, 6.45) is 1.000. The van der Waals surface area contributed by atoms with E-state index in [0.717, 1.165) is 28.0 Å². The molecule has 2 aromatic carbocycles. The fourth-order valence-corrected chi connectivity index (χ4v) is 2.33. The van der Waals surface area contributed by atoms with Crippen LogP contribution in [0.25, 0.3) is 0 Å². The third-order valence-corrected chi connectivity index (χ3v) is 3.48. The average Bonchev–Trinajstić information content (AvgIpc) is 2.41. The number of hydrogen-bond acceptors (Lipinski definition) is 1. The van der Waals surface area contributed by atoms with E-state index in [1.54, 1.807) is 0 Å². The van der Waals surface area contributed by atoms with Crippen LogP contribution in [-0.2, 0) is 12.3 Å². The van der Waals surface area contributed by atoms with Gasteiger partial charge in [0.05, 0.1) is 5.88 Å². The first-order valence-electron chi connectivity index (χ1n) is 5.84. The minimum Gasteiger partial charge on any atom is -0.457 e. The Kier molecular flexibility index (Phi) is 4.67. The van der Waals surface area contributed by atoms with Crippen LogP contribution in [0.15, 0.2) is 46.9 Å². The maximum absolute atomic E-state index is 5.93. The normalized spacial score (nSPS) is 10.4. The molecule has 1 nitrogen and oxygen atoms in total. The summed E-state index contributed by atoms with van der Waals surface area (Å²) in [6, 6.07) is 14.0. The molecule has 0 aliphatic heterocycles. The molecule has 0 bridgehead atoms. The van der Waals surface area contributed by atoms with Crippen LogP contribution in [0.1, 0.15) is 18.1 Å². The highest BCUT2D eigenvalue weighted by Gasteiger charge is 2.05. The topological polar surface area (TPSA) is 9.23 Å². The van der Waals surface area contributed by atoms with Crippen molar-refractivity contribution < 1.29 is 4.74 Å². The second-order valence-electron chi connectivity index (χ2n) is 3.99. The zero-order valence-corrected chi connectivity index (χ0v) is 12.5. The Balaban J connectivity index is 2.27. The van der Waals surface area contributed by atoms with Gasteiger partial charge in [-0.15, -0.1) is 11.6 Å². The van der Waals surface area contributed by atoms with Crippen LogP contribution in [0.3, 0.4) is 0 Å². The Bertz CT molecular complexity index is 540. The molecule has 2 rings (SSSR count). The van der Waals surface area contributed by atoms with Crippen LogP contribution in [0.5, 0.6) is 11.5 Å². The lowest BCUT2D eigenvalue weighted by Crippen LogP contribution is -1.90. The van der Waals surface area contributed by atoms with Crippen molar-refractivity contribution in [2.24, 2.45) is 0 Å². The molecule has 2 aromatic rings. The van der Waals surface area contributed by atoms with Crippen molar-refractivity contribution in [1.29, 1.82) is 0 Å². The number of benzene rings is 2. The lowest BCUT2D eigenvalue weighted by molar-refractivity contribution is 0.477. The molecule has 0 N–H and O–H groups in total. The molecule has 0 aromatic heterocycles. The van der Waals surface area contributed by atoms with Crippen LogP contribution in [-0.4, -0.2) is 0 Å². The number of rotatable bonds is 4. The number of hydrogen-bond donors (Lipinski definition) is 0. The zero-order valence-electron chi connectivity index (χ0n) is 10.1. The van der Waals surface area contributed by atoms with Gasteiger partial charge in [-0.3, -0.25) is 0 Å². The van der Waals surface area contributed by atoms with Gasteiger partial charge >= 0.3 is 0 Å². The zero-order chi connectivity index (χ0) is 13.0. The Morgan fingerprint density at radius 2 is 2.00 bits per heavy atom. The summed E-state index contributed by atoms with van der Waals surface area (Å²) in [7, 11) is 0. The molecule has 0 atom stereocenters. The highest BCUT2D eigenvalue weighted by molar-refractivity contribution is 9.10. The molecule has 0 unspecified atom stereocenters. The molecule has 0 fully saturated rings. The Hall–Kier alpha value is -0.990. The number of aryl methyl sites for hydroxylation is 1. The molecule has 0 saturated heterocycles. The second kappa shape index (κ2) is 6.26. The van der Waals surface area contributed by atoms with E-state index in [1.165, 1.54) is 5.56 Å². The quantitative estimate of drug-likeness (QED) is 0.670. The molecule has 0 heterocycles. The van der Waals surface area contributed by atoms with Crippen molar-refractivity contribution in [2.75, 3.05) is 0 Å². The minimum atomic E-state index is 0.433. The van der Waals surface area contributed by atoms with Crippen molar-refractivity contribution in [3.05, 3.63) is 58.1 Å². The first-order valence-corrected chi connectivity index (χ1v) is 7.17. The van der Waals surface area contributed by atoms with Gasteiger partial charge in [0.1, 0.15) is 11.5 Å². The molecule has 0 aliphatic rings. The molecule has 0 spiro atoms. The molecular formula is C15H14BrClO. The van der Waals surface area contributed by atoms with E-state index in [2.05, 4.69) is 35.0 Å². The van der Waals surface area contributed by atoms with Gasteiger partial charge in [0.25, 0.3) is 0 Å². The fraction of sp³-hybridized carbons (Fsp3) is 0.200. The molecule has 0 amide bonds. The minimum absolute atomic E-state index is 0.433. The van der Waals surface area contributed by atoms with E-state index in [9.17, 15) is 0 Å². The van der Waals surface area contributed by atoms with Gasteiger partial charge in [0.2, 0.25) is 0 Å². The van der Waals surface area contributed by atoms with Gasteiger partial charge in [-0.1, -0.05) is 35.0 Å². The first-order chi connectivity index (χ1) is 8.72. The maximum Gasteiger partial charge on any atom is 0.131 e. The van der Waals surface area contributed by atoms with Crippen molar-refractivity contribution >= 4 is 27.5 Å². The lowest BCUT2D eigenvalue weighted by Gasteiger charge is -2.10. The first kappa shape index (κ1) is 13.4. The molecule has 3 heteroatoms. The Morgan fingerprint density at radius 3 is 2.72 bits per heavy atom. The van der Waals surface area contributed by atoms with Gasteiger partial charge in [-0.05, 0) is 42.3 Å². The second-order valence-corrected chi connectivity index (χ2v) is 5.17. The highest BCUT2D eigenvalue weighted by Crippen LogP contribution is 2.29. The lowest BCUT2D eigenvalue weighted by atomic mass is 10.1. The smallest absolute Gasteiger partial charge is 0.131 e. The van der Waals surface area contributed by atoms with E-state index >= 15 is 0 Å². The molecular weight excluding hydrogens is 312 g/mol. The van der Waals surface area contributed by atoms with Crippen molar-refractivity contribution in [3.8, 4) is 11.5 Å². The Morgan fingerprint density at radius 1 is 1.17 bits per heavy atom. The summed E-state index contributed by atoms with van der Waals surface area (Å²) in [4.78, 5) is 0. The van der Waals surface area contributed by atoms with Gasteiger partial charge < -0.3 is 4.74 Å². The molecule has 18 heavy (non-hydrogen) atoms. The van der Waals surface area contributed by atoms with Crippen LogP contribution in [0, 0.1) is 0 Å². The Labute approximate surface area is 121 Å². The largest absolute Gasteiger partial charge is 0.457 e. The third kappa shape index (κ3) is 3.27. The van der Waals surface area contributed by atoms with Crippen LogP contribution >= 0.6 is 27.5 Å². The number of alkyl halides is 1. The summed E-state index contributed by atoms with van der Waals surface area (Å²) in [5.74, 6) is 2.09. The van der Waals surface area contributed by atoms with Gasteiger partial charge in [0.15, 0.2) is 0 Å². The van der Waals surface area contributed by atoms with Crippen LogP contribution in [0.4, 0.5) is 0 Å². The number of ether oxygens (including phenoxy) is 1. The summed E-state index contributed by atoms with van der Waals surface area (Å²) in [5.41, 5.74) is 2.24. The third-order valence-electron chi connectivity index (χ3n) is 2.70. The van der Waals surface area contributed by atoms with Crippen molar-refractivity contribution in [2.45, 2.75) is 19.2 Å². The number of halogens is 2. The highest BCUT2D eigenvalue weighted by atomic mass is 79.9. The van der Waals surface area contributed by atoms with E-state index in [4.69, 9.17) is 16.3 Å². The predicted octanol–water partition coefficient (Wildman–Crippen LogP) is 5.54. The van der Waals surface area contributed by atoms with Gasteiger partial charge in [0, 0.05) is 10.0 Å². The van der Waals surface area contributed by atoms with Gasteiger partial charge in [-0.25, -0.2) is 0 Å². The predicted molar refractivity (Wildman–Crippen MR) is 79.6 cm³/mol. The van der Waals surface area contributed by atoms with Crippen LogP contribution in [0.2, 0.25) is 0 Å². The summed E-state index contributed by atoms with van der Waals surface area (Å²) < 4.78 is 6.90. The molecule has 94 valence electrons. The van der Waals surface area contributed by atoms with Crippen molar-refractivity contribution in [3.63, 3.8) is 0 Å². The summed E-state index contributed by atoms with van der Waals surface area (Å²) >= 11 is 9.36. The molecule has 0 radical (unpaired) electrons. The molecule has 0 saturated carbocycles.